The van der Waals surface area contributed by atoms with E-state index in [0.717, 1.165) is 16.8 Å². The van der Waals surface area contributed by atoms with E-state index in [9.17, 15) is 0 Å². The molecule has 0 radical (unpaired) electrons. The predicted octanol–water partition coefficient (Wildman–Crippen LogP) is 3.69. The van der Waals surface area contributed by atoms with Crippen molar-refractivity contribution in [3.05, 3.63) is 66.5 Å². The number of aromatic nitrogens is 5. The zero-order chi connectivity index (χ0) is 18.6. The lowest BCUT2D eigenvalue weighted by molar-refractivity contribution is 0.462. The third kappa shape index (κ3) is 4.01. The van der Waals surface area contributed by atoms with Crippen LogP contribution in [0.5, 0.6) is 11.6 Å². The maximum Gasteiger partial charge on any atom is 0.226 e. The quantitative estimate of drug-likeness (QED) is 0.498. The molecule has 2 aromatic heterocycles. The van der Waals surface area contributed by atoms with Crippen LogP contribution in [0, 0.1) is 6.92 Å². The van der Waals surface area contributed by atoms with Crippen LogP contribution < -0.4 is 15.8 Å². The normalized spacial score (nSPS) is 10.6. The third-order valence-corrected chi connectivity index (χ3v) is 3.76. The van der Waals surface area contributed by atoms with Gasteiger partial charge in [0.1, 0.15) is 17.9 Å². The van der Waals surface area contributed by atoms with Crippen LogP contribution in [0.1, 0.15) is 5.56 Å². The number of nitrogens with one attached hydrogen (secondary N) is 2. The Balaban J connectivity index is 1.53. The number of rotatable bonds is 5. The zero-order valence-electron chi connectivity index (χ0n) is 14.5. The fourth-order valence-electron chi connectivity index (χ4n) is 2.54. The minimum absolute atomic E-state index is 0.346. The third-order valence-electron chi connectivity index (χ3n) is 3.76. The molecule has 0 aliphatic carbocycles. The van der Waals surface area contributed by atoms with Crippen molar-refractivity contribution in [1.29, 1.82) is 0 Å². The first-order valence-electron chi connectivity index (χ1n) is 8.28. The molecule has 0 bridgehead atoms. The van der Waals surface area contributed by atoms with Gasteiger partial charge < -0.3 is 20.8 Å². The van der Waals surface area contributed by atoms with Gasteiger partial charge in [-0.05, 0) is 36.8 Å². The molecule has 0 aliphatic rings. The maximum atomic E-state index is 5.73. The summed E-state index contributed by atoms with van der Waals surface area (Å²) in [6, 6.07) is 17.0. The fourth-order valence-corrected chi connectivity index (χ4v) is 2.54. The summed E-state index contributed by atoms with van der Waals surface area (Å²) in [4.78, 5) is 11.0. The van der Waals surface area contributed by atoms with Gasteiger partial charge in [0.2, 0.25) is 11.8 Å². The van der Waals surface area contributed by atoms with E-state index in [4.69, 9.17) is 10.5 Å². The molecule has 8 heteroatoms. The van der Waals surface area contributed by atoms with Crippen LogP contribution in [-0.4, -0.2) is 25.1 Å². The number of benzene rings is 2. The average Bonchev–Trinajstić information content (AvgIpc) is 3.10. The summed E-state index contributed by atoms with van der Waals surface area (Å²) >= 11 is 0. The van der Waals surface area contributed by atoms with Gasteiger partial charge in [0.25, 0.3) is 0 Å². The topological polar surface area (TPSA) is 115 Å². The monoisotopic (exact) mass is 359 g/mol. The van der Waals surface area contributed by atoms with Crippen LogP contribution >= 0.6 is 0 Å². The van der Waals surface area contributed by atoms with Gasteiger partial charge in [-0.2, -0.15) is 0 Å². The van der Waals surface area contributed by atoms with E-state index in [1.807, 2.05) is 55.5 Å². The number of nitrogens with zero attached hydrogens (tertiary/aromatic N) is 4. The average molecular weight is 359 g/mol. The standard InChI is InChI=1S/C19H17N7O/c1-12-4-2-6-14(8-12)23-19-24-18(25-26-19)13-5-3-7-15(9-13)27-17-10-16(20)21-11-22-17/h2-11H,1H3,(H2,20,21,22)(H2,23,24,25,26). The van der Waals surface area contributed by atoms with Gasteiger partial charge in [-0.3, -0.25) is 0 Å². The summed E-state index contributed by atoms with van der Waals surface area (Å²) in [5, 5.41) is 11.6. The molecule has 2 heterocycles. The molecule has 4 N–H and O–H groups in total. The van der Waals surface area contributed by atoms with Crippen LogP contribution in [0.4, 0.5) is 17.5 Å². The molecule has 0 saturated carbocycles. The Hall–Kier alpha value is -3.94. The molecule has 0 unspecified atom stereocenters. The van der Waals surface area contributed by atoms with E-state index < -0.39 is 0 Å². The number of hydrogen-bond donors (Lipinski definition) is 3. The Labute approximate surface area is 155 Å². The van der Waals surface area contributed by atoms with E-state index >= 15 is 0 Å². The lowest BCUT2D eigenvalue weighted by atomic mass is 10.2. The van der Waals surface area contributed by atoms with Crippen molar-refractivity contribution in [2.45, 2.75) is 6.92 Å². The van der Waals surface area contributed by atoms with Crippen molar-refractivity contribution in [2.24, 2.45) is 0 Å². The van der Waals surface area contributed by atoms with Gasteiger partial charge in [0.05, 0.1) is 0 Å². The van der Waals surface area contributed by atoms with Crippen molar-refractivity contribution >= 4 is 17.5 Å². The van der Waals surface area contributed by atoms with Gasteiger partial charge in [-0.1, -0.05) is 24.3 Å². The van der Waals surface area contributed by atoms with Crippen LogP contribution in [0.3, 0.4) is 0 Å². The first-order valence-corrected chi connectivity index (χ1v) is 8.28. The van der Waals surface area contributed by atoms with Crippen LogP contribution in [0.15, 0.2) is 60.9 Å². The van der Waals surface area contributed by atoms with E-state index in [1.165, 1.54) is 6.33 Å². The zero-order valence-corrected chi connectivity index (χ0v) is 14.5. The minimum Gasteiger partial charge on any atom is -0.439 e. The highest BCUT2D eigenvalue weighted by molar-refractivity contribution is 5.61. The highest BCUT2D eigenvalue weighted by atomic mass is 16.5. The van der Waals surface area contributed by atoms with Crippen LogP contribution in [0.2, 0.25) is 0 Å². The molecule has 0 fully saturated rings. The lowest BCUT2D eigenvalue weighted by Crippen LogP contribution is -1.94. The van der Waals surface area contributed by atoms with Crippen molar-refractivity contribution in [3.63, 3.8) is 0 Å². The summed E-state index contributed by atoms with van der Waals surface area (Å²) in [6.45, 7) is 2.04. The molecule has 8 nitrogen and oxygen atoms in total. The molecular formula is C19H17N7O. The molecule has 0 saturated heterocycles. The van der Waals surface area contributed by atoms with Crippen molar-refractivity contribution in [3.8, 4) is 23.0 Å². The first-order chi connectivity index (χ1) is 13.2. The molecule has 27 heavy (non-hydrogen) atoms. The molecule has 134 valence electrons. The van der Waals surface area contributed by atoms with Crippen molar-refractivity contribution < 1.29 is 4.74 Å². The molecule has 0 amide bonds. The van der Waals surface area contributed by atoms with Crippen molar-refractivity contribution in [2.75, 3.05) is 11.1 Å². The number of hydrogen-bond acceptors (Lipinski definition) is 7. The number of ether oxygens (including phenoxy) is 1. The summed E-state index contributed by atoms with van der Waals surface area (Å²) in [6.07, 6.45) is 1.36. The Kier molecular flexibility index (Phi) is 4.36. The molecule has 4 rings (SSSR count). The van der Waals surface area contributed by atoms with E-state index in [0.29, 0.717) is 29.2 Å². The van der Waals surface area contributed by atoms with Gasteiger partial charge in [-0.25, -0.2) is 9.97 Å². The summed E-state index contributed by atoms with van der Waals surface area (Å²) in [5.74, 6) is 2.51. The van der Waals surface area contributed by atoms with E-state index in [-0.39, 0.29) is 0 Å². The Morgan fingerprint density at radius 1 is 1.00 bits per heavy atom. The smallest absolute Gasteiger partial charge is 0.226 e. The highest BCUT2D eigenvalue weighted by Crippen LogP contribution is 2.26. The number of aryl methyl sites for hydroxylation is 1. The summed E-state index contributed by atoms with van der Waals surface area (Å²) < 4.78 is 5.73. The van der Waals surface area contributed by atoms with Gasteiger partial charge in [-0.15, -0.1) is 10.2 Å². The Bertz CT molecular complexity index is 1080. The van der Waals surface area contributed by atoms with Crippen molar-refractivity contribution in [1.82, 2.24) is 25.1 Å². The van der Waals surface area contributed by atoms with Crippen LogP contribution in [-0.2, 0) is 0 Å². The second kappa shape index (κ2) is 7.12. The molecule has 4 aromatic rings. The van der Waals surface area contributed by atoms with Gasteiger partial charge in [0, 0.05) is 17.3 Å². The SMILES string of the molecule is Cc1cccc(Nc2nnc(-c3cccc(Oc4cc(N)ncn4)c3)[nH]2)c1. The number of nitrogens with two attached hydrogens (primary N) is 1. The summed E-state index contributed by atoms with van der Waals surface area (Å²) in [5.41, 5.74) is 8.58. The molecule has 0 atom stereocenters. The first kappa shape index (κ1) is 16.5. The summed E-state index contributed by atoms with van der Waals surface area (Å²) in [7, 11) is 0. The highest BCUT2D eigenvalue weighted by Gasteiger charge is 2.08. The molecule has 0 spiro atoms. The maximum absolute atomic E-state index is 5.73. The second-order valence-electron chi connectivity index (χ2n) is 5.93. The Morgan fingerprint density at radius 2 is 1.89 bits per heavy atom. The number of anilines is 3. The molecule has 0 aliphatic heterocycles. The van der Waals surface area contributed by atoms with E-state index in [1.54, 1.807) is 6.07 Å². The largest absolute Gasteiger partial charge is 0.439 e. The van der Waals surface area contributed by atoms with Gasteiger partial charge >= 0.3 is 0 Å². The molecule has 2 aromatic carbocycles. The predicted molar refractivity (Wildman–Crippen MR) is 103 cm³/mol. The molecular weight excluding hydrogens is 342 g/mol. The number of H-pyrrole nitrogens is 1. The van der Waals surface area contributed by atoms with Gasteiger partial charge in [0.15, 0.2) is 5.82 Å². The second-order valence-corrected chi connectivity index (χ2v) is 5.93. The van der Waals surface area contributed by atoms with Crippen LogP contribution in [0.25, 0.3) is 11.4 Å². The number of nitrogen functional groups attached to an aromatic ring is 1. The number of aromatic amines is 1. The lowest BCUT2D eigenvalue weighted by Gasteiger charge is -2.06. The Morgan fingerprint density at radius 3 is 2.74 bits per heavy atom. The van der Waals surface area contributed by atoms with E-state index in [2.05, 4.69) is 30.5 Å². The fraction of sp³-hybridized carbons (Fsp3) is 0.0526. The minimum atomic E-state index is 0.346.